The summed E-state index contributed by atoms with van der Waals surface area (Å²) in [6, 6.07) is 3.88. The van der Waals surface area contributed by atoms with Crippen LogP contribution in [0.3, 0.4) is 0 Å². The Morgan fingerprint density at radius 1 is 1.31 bits per heavy atom. The molecule has 0 bridgehead atoms. The zero-order chi connectivity index (χ0) is 18.1. The standard InChI is InChI=1S/C18H20N6O2/c1-11-15(17(25)22-14-5-3-4-6-14)10-20-24(11)16-9-13(7-8-19-16)18-21-12(2)23-26-18/h7-10,14H,3-6H2,1-2H3,(H,22,25). The summed E-state index contributed by atoms with van der Waals surface area (Å²) in [4.78, 5) is 21.1. The highest BCUT2D eigenvalue weighted by molar-refractivity contribution is 5.95. The average Bonchev–Trinajstić information content (AvgIpc) is 3.36. The lowest BCUT2D eigenvalue weighted by Gasteiger charge is -2.11. The Balaban J connectivity index is 1.60. The number of aromatic nitrogens is 5. The first-order valence-electron chi connectivity index (χ1n) is 8.74. The molecule has 8 heteroatoms. The van der Waals surface area contributed by atoms with Crippen LogP contribution in [0.25, 0.3) is 17.3 Å². The highest BCUT2D eigenvalue weighted by Gasteiger charge is 2.21. The topological polar surface area (TPSA) is 98.7 Å². The zero-order valence-corrected chi connectivity index (χ0v) is 14.8. The van der Waals surface area contributed by atoms with Gasteiger partial charge in [-0.05, 0) is 38.8 Å². The van der Waals surface area contributed by atoms with E-state index in [0.717, 1.165) is 24.1 Å². The molecular formula is C18H20N6O2. The third-order valence-corrected chi connectivity index (χ3v) is 4.68. The molecule has 4 rings (SSSR count). The first kappa shape index (κ1) is 16.4. The van der Waals surface area contributed by atoms with Crippen LogP contribution in [0.5, 0.6) is 0 Å². The largest absolute Gasteiger partial charge is 0.349 e. The van der Waals surface area contributed by atoms with Gasteiger partial charge in [-0.15, -0.1) is 0 Å². The predicted octanol–water partition coefficient (Wildman–Crippen LogP) is 2.61. The van der Waals surface area contributed by atoms with Crippen LogP contribution in [0.2, 0.25) is 0 Å². The number of amides is 1. The molecule has 0 aromatic carbocycles. The van der Waals surface area contributed by atoms with E-state index in [1.54, 1.807) is 30.1 Å². The summed E-state index contributed by atoms with van der Waals surface area (Å²) in [6.45, 7) is 3.63. The maximum atomic E-state index is 12.5. The van der Waals surface area contributed by atoms with E-state index in [1.807, 2.05) is 13.0 Å². The molecule has 1 amide bonds. The Labute approximate surface area is 150 Å². The van der Waals surface area contributed by atoms with Crippen LogP contribution < -0.4 is 5.32 Å². The van der Waals surface area contributed by atoms with E-state index in [0.29, 0.717) is 23.1 Å². The van der Waals surface area contributed by atoms with E-state index in [9.17, 15) is 4.79 Å². The Bertz CT molecular complexity index is 939. The molecule has 0 atom stereocenters. The molecule has 0 spiro atoms. The van der Waals surface area contributed by atoms with E-state index in [2.05, 4.69) is 25.5 Å². The molecule has 1 N–H and O–H groups in total. The lowest BCUT2D eigenvalue weighted by atomic mass is 10.2. The molecule has 1 aliphatic rings. The van der Waals surface area contributed by atoms with Crippen molar-refractivity contribution in [3.05, 3.63) is 41.6 Å². The molecule has 1 fully saturated rings. The number of pyridine rings is 1. The van der Waals surface area contributed by atoms with E-state index < -0.39 is 0 Å². The fraction of sp³-hybridized carbons (Fsp3) is 0.389. The lowest BCUT2D eigenvalue weighted by molar-refractivity contribution is 0.0937. The van der Waals surface area contributed by atoms with Gasteiger partial charge in [0, 0.05) is 17.8 Å². The summed E-state index contributed by atoms with van der Waals surface area (Å²) in [5.74, 6) is 1.51. The highest BCUT2D eigenvalue weighted by atomic mass is 16.5. The molecular weight excluding hydrogens is 332 g/mol. The molecule has 3 aromatic rings. The van der Waals surface area contributed by atoms with Crippen molar-refractivity contribution < 1.29 is 9.32 Å². The van der Waals surface area contributed by atoms with Crippen LogP contribution in [0, 0.1) is 13.8 Å². The van der Waals surface area contributed by atoms with Crippen molar-refractivity contribution in [1.82, 2.24) is 30.2 Å². The van der Waals surface area contributed by atoms with Gasteiger partial charge < -0.3 is 9.84 Å². The van der Waals surface area contributed by atoms with E-state index >= 15 is 0 Å². The predicted molar refractivity (Wildman–Crippen MR) is 93.8 cm³/mol. The minimum atomic E-state index is -0.0793. The summed E-state index contributed by atoms with van der Waals surface area (Å²) in [5, 5.41) is 11.3. The van der Waals surface area contributed by atoms with Gasteiger partial charge in [0.15, 0.2) is 11.6 Å². The van der Waals surface area contributed by atoms with Gasteiger partial charge in [0.1, 0.15) is 0 Å². The third kappa shape index (κ3) is 3.10. The minimum absolute atomic E-state index is 0.0793. The lowest BCUT2D eigenvalue weighted by Crippen LogP contribution is -2.32. The first-order chi connectivity index (χ1) is 12.6. The summed E-state index contributed by atoms with van der Waals surface area (Å²) in [5.41, 5.74) is 2.06. The highest BCUT2D eigenvalue weighted by Crippen LogP contribution is 2.21. The SMILES string of the molecule is Cc1noc(-c2ccnc(-n3ncc(C(=O)NC4CCCC4)c3C)c2)n1. The van der Waals surface area contributed by atoms with Gasteiger partial charge in [0.25, 0.3) is 11.8 Å². The monoisotopic (exact) mass is 352 g/mol. The summed E-state index contributed by atoms with van der Waals surface area (Å²) in [6.07, 6.45) is 7.69. The van der Waals surface area contributed by atoms with E-state index in [1.165, 1.54) is 12.8 Å². The summed E-state index contributed by atoms with van der Waals surface area (Å²) in [7, 11) is 0. The van der Waals surface area contributed by atoms with Crippen LogP contribution in [0.15, 0.2) is 29.0 Å². The Kier molecular flexibility index (Phi) is 4.24. The van der Waals surface area contributed by atoms with Crippen molar-refractivity contribution in [2.75, 3.05) is 0 Å². The molecule has 26 heavy (non-hydrogen) atoms. The smallest absolute Gasteiger partial charge is 0.258 e. The third-order valence-electron chi connectivity index (χ3n) is 4.68. The number of aryl methyl sites for hydroxylation is 1. The van der Waals surface area contributed by atoms with Crippen molar-refractivity contribution in [3.8, 4) is 17.3 Å². The van der Waals surface area contributed by atoms with Gasteiger partial charge in [0.05, 0.1) is 17.5 Å². The van der Waals surface area contributed by atoms with Crippen LogP contribution in [0.1, 0.15) is 47.6 Å². The van der Waals surface area contributed by atoms with Gasteiger partial charge in [-0.25, -0.2) is 9.67 Å². The second-order valence-electron chi connectivity index (χ2n) is 6.56. The summed E-state index contributed by atoms with van der Waals surface area (Å²) < 4.78 is 6.86. The van der Waals surface area contributed by atoms with Crippen LogP contribution >= 0.6 is 0 Å². The number of nitrogens with one attached hydrogen (secondary N) is 1. The van der Waals surface area contributed by atoms with Gasteiger partial charge in [-0.3, -0.25) is 4.79 Å². The molecule has 3 aromatic heterocycles. The average molecular weight is 352 g/mol. The van der Waals surface area contributed by atoms with Gasteiger partial charge in [0.2, 0.25) is 0 Å². The number of hydrogen-bond donors (Lipinski definition) is 1. The van der Waals surface area contributed by atoms with Crippen molar-refractivity contribution in [2.24, 2.45) is 0 Å². The van der Waals surface area contributed by atoms with E-state index in [4.69, 9.17) is 4.52 Å². The Morgan fingerprint density at radius 3 is 2.85 bits per heavy atom. The van der Waals surface area contributed by atoms with Crippen molar-refractivity contribution in [2.45, 2.75) is 45.6 Å². The van der Waals surface area contributed by atoms with Crippen LogP contribution in [-0.2, 0) is 0 Å². The number of nitrogens with zero attached hydrogens (tertiary/aromatic N) is 5. The van der Waals surface area contributed by atoms with Crippen LogP contribution in [-0.4, -0.2) is 36.9 Å². The number of carbonyl (C=O) groups is 1. The zero-order valence-electron chi connectivity index (χ0n) is 14.8. The quantitative estimate of drug-likeness (QED) is 0.775. The fourth-order valence-corrected chi connectivity index (χ4v) is 3.28. The molecule has 0 aliphatic heterocycles. The first-order valence-corrected chi connectivity index (χ1v) is 8.74. The number of hydrogen-bond acceptors (Lipinski definition) is 6. The van der Waals surface area contributed by atoms with Gasteiger partial charge in [-0.2, -0.15) is 10.1 Å². The molecule has 134 valence electrons. The molecule has 0 unspecified atom stereocenters. The van der Waals surface area contributed by atoms with Crippen LogP contribution in [0.4, 0.5) is 0 Å². The summed E-state index contributed by atoms with van der Waals surface area (Å²) >= 11 is 0. The van der Waals surface area contributed by atoms with Gasteiger partial charge >= 0.3 is 0 Å². The maximum Gasteiger partial charge on any atom is 0.258 e. The molecule has 3 heterocycles. The van der Waals surface area contributed by atoms with Gasteiger partial charge in [-0.1, -0.05) is 18.0 Å². The maximum absolute atomic E-state index is 12.5. The normalized spacial score (nSPS) is 14.7. The molecule has 0 saturated heterocycles. The van der Waals surface area contributed by atoms with E-state index in [-0.39, 0.29) is 11.9 Å². The second kappa shape index (κ2) is 6.70. The number of rotatable bonds is 4. The van der Waals surface area contributed by atoms with Crippen molar-refractivity contribution >= 4 is 5.91 Å². The minimum Gasteiger partial charge on any atom is -0.349 e. The Hall–Kier alpha value is -3.03. The molecule has 8 nitrogen and oxygen atoms in total. The fourth-order valence-electron chi connectivity index (χ4n) is 3.28. The van der Waals surface area contributed by atoms with Crippen molar-refractivity contribution in [1.29, 1.82) is 0 Å². The van der Waals surface area contributed by atoms with Crippen molar-refractivity contribution in [3.63, 3.8) is 0 Å². The molecule has 1 aliphatic carbocycles. The molecule has 0 radical (unpaired) electrons. The molecule has 1 saturated carbocycles. The Morgan fingerprint density at radius 2 is 2.12 bits per heavy atom. The number of carbonyl (C=O) groups excluding carboxylic acids is 1. The second-order valence-corrected chi connectivity index (χ2v) is 6.56.